The van der Waals surface area contributed by atoms with Crippen molar-refractivity contribution in [1.29, 1.82) is 0 Å². The van der Waals surface area contributed by atoms with Crippen molar-refractivity contribution in [1.82, 2.24) is 0 Å². The van der Waals surface area contributed by atoms with Crippen LogP contribution in [0.2, 0.25) is 0 Å². The SMILES string of the molecule is C=C1CC[C@H]2[C@@](C)(C[C@H](O)[C@H]3C(C)(C)CCC[C@]23C)[C@@H]1CC/C(C)=C\CO. The molecule has 2 N–H and O–H groups in total. The molecule has 154 valence electrons. The molecule has 2 heteroatoms. The fourth-order valence-electron chi connectivity index (χ4n) is 8.12. The summed E-state index contributed by atoms with van der Waals surface area (Å²) in [5.41, 5.74) is 3.29. The summed E-state index contributed by atoms with van der Waals surface area (Å²) in [7, 11) is 0. The number of hydrogen-bond acceptors (Lipinski definition) is 2. The van der Waals surface area contributed by atoms with E-state index in [1.54, 1.807) is 0 Å². The van der Waals surface area contributed by atoms with Gasteiger partial charge < -0.3 is 10.2 Å². The Balaban J connectivity index is 1.93. The summed E-state index contributed by atoms with van der Waals surface area (Å²) in [6.07, 6.45) is 11.0. The number of aliphatic hydroxyl groups is 2. The third-order valence-electron chi connectivity index (χ3n) is 9.02. The van der Waals surface area contributed by atoms with Crippen LogP contribution >= 0.6 is 0 Å². The van der Waals surface area contributed by atoms with E-state index in [-0.39, 0.29) is 29.0 Å². The minimum atomic E-state index is -0.200. The van der Waals surface area contributed by atoms with Gasteiger partial charge in [-0.2, -0.15) is 0 Å². The van der Waals surface area contributed by atoms with E-state index in [2.05, 4.69) is 41.2 Å². The standard InChI is InChI=1S/C25H42O2/c1-17(12-15-26)8-10-19-18(2)9-11-21-24(5)14-7-13-23(3,4)22(24)20(27)16-25(19,21)6/h12,19-22,26-27H,2,7-11,13-16H2,1,3-6H3/b17-12-/t19-,20+,21-,22+,24-,25+/m1/s1. The Labute approximate surface area is 167 Å². The predicted molar refractivity (Wildman–Crippen MR) is 113 cm³/mol. The molecule has 0 aliphatic heterocycles. The van der Waals surface area contributed by atoms with Gasteiger partial charge in [-0.15, -0.1) is 0 Å². The first-order chi connectivity index (χ1) is 12.6. The van der Waals surface area contributed by atoms with Crippen LogP contribution in [0.15, 0.2) is 23.8 Å². The highest BCUT2D eigenvalue weighted by Crippen LogP contribution is 2.69. The molecule has 3 aliphatic carbocycles. The molecule has 0 aromatic rings. The van der Waals surface area contributed by atoms with Crippen molar-refractivity contribution in [3.8, 4) is 0 Å². The Morgan fingerprint density at radius 3 is 2.56 bits per heavy atom. The molecule has 0 bridgehead atoms. The third-order valence-corrected chi connectivity index (χ3v) is 9.02. The summed E-state index contributed by atoms with van der Waals surface area (Å²) in [4.78, 5) is 0. The third kappa shape index (κ3) is 3.46. The zero-order valence-corrected chi connectivity index (χ0v) is 18.4. The first-order valence-electron chi connectivity index (χ1n) is 11.2. The number of rotatable bonds is 4. The fourth-order valence-corrected chi connectivity index (χ4v) is 8.12. The predicted octanol–water partition coefficient (Wildman–Crippen LogP) is 5.89. The number of fused-ring (bicyclic) bond motifs is 3. The topological polar surface area (TPSA) is 40.5 Å². The van der Waals surface area contributed by atoms with Gasteiger partial charge in [0.05, 0.1) is 12.7 Å². The molecule has 2 nitrogen and oxygen atoms in total. The van der Waals surface area contributed by atoms with E-state index < -0.39 is 0 Å². The molecule has 0 radical (unpaired) electrons. The summed E-state index contributed by atoms with van der Waals surface area (Å²) in [5.74, 6) is 1.58. The maximum Gasteiger partial charge on any atom is 0.0614 e. The van der Waals surface area contributed by atoms with Crippen molar-refractivity contribution in [2.75, 3.05) is 6.61 Å². The molecule has 0 unspecified atom stereocenters. The van der Waals surface area contributed by atoms with Gasteiger partial charge in [-0.05, 0) is 85.9 Å². The Hall–Kier alpha value is -0.600. The van der Waals surface area contributed by atoms with Gasteiger partial charge in [0.2, 0.25) is 0 Å². The van der Waals surface area contributed by atoms with Crippen LogP contribution in [0.4, 0.5) is 0 Å². The van der Waals surface area contributed by atoms with Gasteiger partial charge in [0, 0.05) is 0 Å². The first-order valence-corrected chi connectivity index (χ1v) is 11.2. The maximum atomic E-state index is 11.4. The van der Waals surface area contributed by atoms with Gasteiger partial charge in [-0.3, -0.25) is 0 Å². The summed E-state index contributed by atoms with van der Waals surface area (Å²) in [6, 6.07) is 0. The summed E-state index contributed by atoms with van der Waals surface area (Å²) in [5, 5.41) is 20.6. The van der Waals surface area contributed by atoms with E-state index in [4.69, 9.17) is 0 Å². The normalized spacial score (nSPS) is 44.6. The number of hydrogen-bond donors (Lipinski definition) is 2. The molecule has 3 rings (SSSR count). The van der Waals surface area contributed by atoms with Crippen LogP contribution in [0.25, 0.3) is 0 Å². The van der Waals surface area contributed by atoms with Crippen LogP contribution in [-0.4, -0.2) is 22.9 Å². The van der Waals surface area contributed by atoms with Gasteiger partial charge in [-0.25, -0.2) is 0 Å². The molecule has 6 atom stereocenters. The highest BCUT2D eigenvalue weighted by Gasteiger charge is 2.63. The minimum Gasteiger partial charge on any atom is -0.393 e. The minimum absolute atomic E-state index is 0.130. The van der Waals surface area contributed by atoms with Crippen LogP contribution in [0.5, 0.6) is 0 Å². The Kier molecular flexibility index (Phi) is 5.74. The Morgan fingerprint density at radius 1 is 1.19 bits per heavy atom. The molecule has 3 fully saturated rings. The van der Waals surface area contributed by atoms with E-state index in [9.17, 15) is 10.2 Å². The van der Waals surface area contributed by atoms with E-state index in [1.807, 2.05) is 6.08 Å². The number of allylic oxidation sites excluding steroid dienone is 2. The maximum absolute atomic E-state index is 11.4. The molecule has 3 aliphatic rings. The van der Waals surface area contributed by atoms with Gasteiger partial charge in [-0.1, -0.05) is 57.9 Å². The lowest BCUT2D eigenvalue weighted by molar-refractivity contribution is -0.204. The van der Waals surface area contributed by atoms with Crippen molar-refractivity contribution in [3.63, 3.8) is 0 Å². The lowest BCUT2D eigenvalue weighted by Crippen LogP contribution is -2.63. The van der Waals surface area contributed by atoms with E-state index in [0.29, 0.717) is 17.8 Å². The molecule has 0 heterocycles. The van der Waals surface area contributed by atoms with Gasteiger partial charge in [0.1, 0.15) is 0 Å². The lowest BCUT2D eigenvalue weighted by Gasteiger charge is -2.67. The van der Waals surface area contributed by atoms with Gasteiger partial charge in [0.15, 0.2) is 0 Å². The van der Waals surface area contributed by atoms with Crippen LogP contribution in [-0.2, 0) is 0 Å². The van der Waals surface area contributed by atoms with Crippen molar-refractivity contribution in [3.05, 3.63) is 23.8 Å². The summed E-state index contributed by atoms with van der Waals surface area (Å²) >= 11 is 0. The van der Waals surface area contributed by atoms with Crippen molar-refractivity contribution >= 4 is 0 Å². The first kappa shape index (κ1) is 21.1. The van der Waals surface area contributed by atoms with Crippen LogP contribution in [0.3, 0.4) is 0 Å². The number of aliphatic hydroxyl groups excluding tert-OH is 2. The van der Waals surface area contributed by atoms with Crippen LogP contribution in [0.1, 0.15) is 86.0 Å². The van der Waals surface area contributed by atoms with Gasteiger partial charge in [0.25, 0.3) is 0 Å². The van der Waals surface area contributed by atoms with Crippen LogP contribution in [0, 0.1) is 34.0 Å². The summed E-state index contributed by atoms with van der Waals surface area (Å²) < 4.78 is 0. The van der Waals surface area contributed by atoms with Crippen molar-refractivity contribution in [2.45, 2.75) is 92.1 Å². The second-order valence-electron chi connectivity index (χ2n) is 11.2. The second-order valence-corrected chi connectivity index (χ2v) is 11.2. The van der Waals surface area contributed by atoms with Gasteiger partial charge >= 0.3 is 0 Å². The molecule has 0 aromatic carbocycles. The molecule has 3 saturated carbocycles. The zero-order chi connectivity index (χ0) is 20.0. The second kappa shape index (κ2) is 7.34. The van der Waals surface area contributed by atoms with E-state index >= 15 is 0 Å². The average Bonchev–Trinajstić information content (AvgIpc) is 2.52. The zero-order valence-electron chi connectivity index (χ0n) is 18.4. The molecule has 0 aromatic heterocycles. The fraction of sp³-hybridized carbons (Fsp3) is 0.840. The quantitative estimate of drug-likeness (QED) is 0.602. The van der Waals surface area contributed by atoms with Crippen molar-refractivity contribution in [2.24, 2.45) is 34.0 Å². The lowest BCUT2D eigenvalue weighted by atomic mass is 9.38. The Morgan fingerprint density at radius 2 is 1.89 bits per heavy atom. The average molecular weight is 375 g/mol. The van der Waals surface area contributed by atoms with Crippen LogP contribution < -0.4 is 0 Å². The molecule has 27 heavy (non-hydrogen) atoms. The Bertz CT molecular complexity index is 603. The molecule has 0 saturated heterocycles. The highest BCUT2D eigenvalue weighted by atomic mass is 16.3. The smallest absolute Gasteiger partial charge is 0.0614 e. The monoisotopic (exact) mass is 374 g/mol. The molecular formula is C25H42O2. The van der Waals surface area contributed by atoms with Crippen molar-refractivity contribution < 1.29 is 10.2 Å². The van der Waals surface area contributed by atoms with E-state index in [1.165, 1.54) is 36.8 Å². The molecule has 0 spiro atoms. The largest absolute Gasteiger partial charge is 0.393 e. The van der Waals surface area contributed by atoms with E-state index in [0.717, 1.165) is 25.7 Å². The molecule has 0 amide bonds. The molecular weight excluding hydrogens is 332 g/mol. The summed E-state index contributed by atoms with van der Waals surface area (Å²) in [6.45, 7) is 16.5. The highest BCUT2D eigenvalue weighted by molar-refractivity contribution is 5.20.